The Bertz CT molecular complexity index is 1020. The molecule has 2 aromatic heterocycles. The van der Waals surface area contributed by atoms with E-state index in [4.69, 9.17) is 4.74 Å². The third-order valence-electron chi connectivity index (χ3n) is 4.65. The van der Waals surface area contributed by atoms with E-state index in [1.807, 2.05) is 0 Å². The summed E-state index contributed by atoms with van der Waals surface area (Å²) in [6, 6.07) is 10.1. The fourth-order valence-electron chi connectivity index (χ4n) is 3.35. The molecule has 3 heterocycles. The van der Waals surface area contributed by atoms with E-state index in [9.17, 15) is 8.42 Å². The summed E-state index contributed by atoms with van der Waals surface area (Å²) in [6.45, 7) is 1.78. The van der Waals surface area contributed by atoms with Gasteiger partial charge in [-0.15, -0.1) is 0 Å². The molecule has 1 aliphatic heterocycles. The van der Waals surface area contributed by atoms with Crippen LogP contribution in [0.5, 0.6) is 5.75 Å². The van der Waals surface area contributed by atoms with Crippen LogP contribution in [0.25, 0.3) is 11.0 Å². The molecular formula is C18H19N3O3S. The van der Waals surface area contributed by atoms with E-state index in [0.717, 1.165) is 30.6 Å². The zero-order chi connectivity index (χ0) is 17.4. The Hall–Kier alpha value is -2.38. The van der Waals surface area contributed by atoms with Gasteiger partial charge in [0, 0.05) is 36.5 Å². The van der Waals surface area contributed by atoms with Crippen LogP contribution in [-0.4, -0.2) is 37.6 Å². The van der Waals surface area contributed by atoms with E-state index in [-0.39, 0.29) is 10.8 Å². The SMILES string of the molecule is COc1cccc(S(=O)(=O)n2cc([C@@H]3CCNC3)c3ncccc32)c1. The summed E-state index contributed by atoms with van der Waals surface area (Å²) in [7, 11) is -2.21. The molecule has 0 unspecified atom stereocenters. The Morgan fingerprint density at radius 1 is 1.28 bits per heavy atom. The fraction of sp³-hybridized carbons (Fsp3) is 0.278. The van der Waals surface area contributed by atoms with Gasteiger partial charge in [-0.3, -0.25) is 4.98 Å². The monoisotopic (exact) mass is 357 g/mol. The van der Waals surface area contributed by atoms with Gasteiger partial charge in [0.2, 0.25) is 0 Å². The molecule has 130 valence electrons. The predicted octanol–water partition coefficient (Wildman–Crippen LogP) is 2.36. The molecule has 4 rings (SSSR count). The summed E-state index contributed by atoms with van der Waals surface area (Å²) in [5.41, 5.74) is 2.34. The second kappa shape index (κ2) is 6.16. The highest BCUT2D eigenvalue weighted by molar-refractivity contribution is 7.90. The summed E-state index contributed by atoms with van der Waals surface area (Å²) in [5.74, 6) is 0.787. The highest BCUT2D eigenvalue weighted by atomic mass is 32.2. The molecule has 0 amide bonds. The minimum absolute atomic E-state index is 0.198. The van der Waals surface area contributed by atoms with E-state index in [2.05, 4.69) is 10.3 Å². The van der Waals surface area contributed by atoms with Gasteiger partial charge in [0.1, 0.15) is 5.75 Å². The topological polar surface area (TPSA) is 73.2 Å². The molecule has 1 saturated heterocycles. The van der Waals surface area contributed by atoms with Crippen molar-refractivity contribution < 1.29 is 13.2 Å². The van der Waals surface area contributed by atoms with Crippen LogP contribution in [0.1, 0.15) is 17.9 Å². The molecule has 1 aliphatic rings. The van der Waals surface area contributed by atoms with Gasteiger partial charge in [-0.1, -0.05) is 6.07 Å². The number of nitrogens with one attached hydrogen (secondary N) is 1. The number of fused-ring (bicyclic) bond motifs is 1. The Morgan fingerprint density at radius 2 is 2.16 bits per heavy atom. The third-order valence-corrected chi connectivity index (χ3v) is 6.32. The molecule has 0 bridgehead atoms. The van der Waals surface area contributed by atoms with Crippen LogP contribution in [-0.2, 0) is 10.0 Å². The molecule has 3 aromatic rings. The van der Waals surface area contributed by atoms with Crippen LogP contribution in [0.4, 0.5) is 0 Å². The first-order valence-corrected chi connectivity index (χ1v) is 9.61. The lowest BCUT2D eigenvalue weighted by molar-refractivity contribution is 0.413. The summed E-state index contributed by atoms with van der Waals surface area (Å²) < 4.78 is 32.9. The minimum atomic E-state index is -3.73. The molecule has 0 spiro atoms. The van der Waals surface area contributed by atoms with Crippen molar-refractivity contribution in [1.82, 2.24) is 14.3 Å². The average molecular weight is 357 g/mol. The maximum atomic E-state index is 13.2. The van der Waals surface area contributed by atoms with Crippen molar-refractivity contribution in [3.63, 3.8) is 0 Å². The van der Waals surface area contributed by atoms with Crippen LogP contribution in [0, 0.1) is 0 Å². The second-order valence-corrected chi connectivity index (χ2v) is 7.94. The van der Waals surface area contributed by atoms with Crippen LogP contribution < -0.4 is 10.1 Å². The van der Waals surface area contributed by atoms with E-state index in [0.29, 0.717) is 11.3 Å². The van der Waals surface area contributed by atoms with Crippen LogP contribution >= 0.6 is 0 Å². The third kappa shape index (κ3) is 2.69. The molecular weight excluding hydrogens is 338 g/mol. The van der Waals surface area contributed by atoms with Crippen molar-refractivity contribution in [3.8, 4) is 5.75 Å². The highest BCUT2D eigenvalue weighted by Crippen LogP contribution is 2.32. The maximum Gasteiger partial charge on any atom is 0.268 e. The quantitative estimate of drug-likeness (QED) is 0.776. The lowest BCUT2D eigenvalue weighted by atomic mass is 10.0. The molecule has 6 nitrogen and oxygen atoms in total. The summed E-state index contributed by atoms with van der Waals surface area (Å²) in [4.78, 5) is 4.65. The number of ether oxygens (including phenoxy) is 1. The van der Waals surface area contributed by atoms with E-state index >= 15 is 0 Å². The van der Waals surface area contributed by atoms with Crippen LogP contribution in [0.3, 0.4) is 0 Å². The zero-order valence-corrected chi connectivity index (χ0v) is 14.7. The Kier molecular flexibility index (Phi) is 3.97. The van der Waals surface area contributed by atoms with Crippen molar-refractivity contribution in [2.75, 3.05) is 20.2 Å². The van der Waals surface area contributed by atoms with Gasteiger partial charge in [0.25, 0.3) is 10.0 Å². The van der Waals surface area contributed by atoms with Gasteiger partial charge in [-0.2, -0.15) is 0 Å². The van der Waals surface area contributed by atoms with E-state index in [1.165, 1.54) is 17.1 Å². The van der Waals surface area contributed by atoms with E-state index in [1.54, 1.807) is 42.7 Å². The summed E-state index contributed by atoms with van der Waals surface area (Å²) in [5, 5.41) is 3.33. The molecule has 0 aliphatic carbocycles. The van der Waals surface area contributed by atoms with Gasteiger partial charge in [-0.25, -0.2) is 12.4 Å². The number of hydrogen-bond donors (Lipinski definition) is 1. The van der Waals surface area contributed by atoms with Gasteiger partial charge < -0.3 is 10.1 Å². The first kappa shape index (κ1) is 16.1. The second-order valence-electron chi connectivity index (χ2n) is 6.13. The largest absolute Gasteiger partial charge is 0.497 e. The van der Waals surface area contributed by atoms with Gasteiger partial charge in [-0.05, 0) is 37.2 Å². The lowest BCUT2D eigenvalue weighted by Crippen LogP contribution is -2.12. The Labute approximate surface area is 146 Å². The van der Waals surface area contributed by atoms with Crippen LogP contribution in [0.2, 0.25) is 0 Å². The molecule has 1 aromatic carbocycles. The Balaban J connectivity index is 1.91. The Morgan fingerprint density at radius 3 is 2.92 bits per heavy atom. The number of nitrogens with zero attached hydrogens (tertiary/aromatic N) is 2. The lowest BCUT2D eigenvalue weighted by Gasteiger charge is -2.09. The molecule has 1 atom stereocenters. The van der Waals surface area contributed by atoms with Crippen molar-refractivity contribution in [1.29, 1.82) is 0 Å². The van der Waals surface area contributed by atoms with Gasteiger partial charge in [0.05, 0.1) is 23.0 Å². The van der Waals surface area contributed by atoms with E-state index < -0.39 is 10.0 Å². The number of aromatic nitrogens is 2. The number of hydrogen-bond acceptors (Lipinski definition) is 5. The molecule has 1 N–H and O–H groups in total. The fourth-order valence-corrected chi connectivity index (χ4v) is 4.75. The molecule has 0 radical (unpaired) electrons. The molecule has 0 saturated carbocycles. The van der Waals surface area contributed by atoms with Gasteiger partial charge in [0.15, 0.2) is 0 Å². The van der Waals surface area contributed by atoms with Crippen molar-refractivity contribution in [2.24, 2.45) is 0 Å². The normalized spacial score (nSPS) is 17.9. The number of methoxy groups -OCH3 is 1. The van der Waals surface area contributed by atoms with Gasteiger partial charge >= 0.3 is 0 Å². The van der Waals surface area contributed by atoms with Crippen molar-refractivity contribution in [2.45, 2.75) is 17.2 Å². The summed E-state index contributed by atoms with van der Waals surface area (Å²) >= 11 is 0. The van der Waals surface area contributed by atoms with Crippen LogP contribution in [0.15, 0.2) is 53.7 Å². The standard InChI is InChI=1S/C18H19N3O3S/c1-24-14-4-2-5-15(10-14)25(22,23)21-12-16(13-7-9-19-11-13)18-17(21)6-3-8-20-18/h2-6,8,10,12-13,19H,7,9,11H2,1H3/t13-/m1/s1. The smallest absolute Gasteiger partial charge is 0.268 e. The first-order valence-electron chi connectivity index (χ1n) is 8.17. The number of benzene rings is 1. The minimum Gasteiger partial charge on any atom is -0.497 e. The number of pyridine rings is 1. The predicted molar refractivity (Wildman–Crippen MR) is 95.5 cm³/mol. The zero-order valence-electron chi connectivity index (χ0n) is 13.8. The molecule has 1 fully saturated rings. The van der Waals surface area contributed by atoms with Crippen molar-refractivity contribution >= 4 is 21.1 Å². The highest BCUT2D eigenvalue weighted by Gasteiger charge is 2.26. The average Bonchev–Trinajstić information content (AvgIpc) is 3.29. The summed E-state index contributed by atoms with van der Waals surface area (Å²) in [6.07, 6.45) is 4.41. The molecule has 25 heavy (non-hydrogen) atoms. The van der Waals surface area contributed by atoms with Crippen molar-refractivity contribution in [3.05, 3.63) is 54.4 Å². The number of rotatable bonds is 4. The molecule has 7 heteroatoms. The maximum absolute atomic E-state index is 13.2. The first-order chi connectivity index (χ1) is 12.1.